The van der Waals surface area contributed by atoms with Crippen molar-refractivity contribution in [1.29, 1.82) is 0 Å². The highest BCUT2D eigenvalue weighted by molar-refractivity contribution is 7.09. The summed E-state index contributed by atoms with van der Waals surface area (Å²) in [7, 11) is 1.62. The standard InChI is InChI=1S/C18H19N5OS/c1-24-14-7-8-15(19-11-14)17-22-18(25-23-17)21-16-9-6-13(10-20-16)12-4-2-3-5-12/h6-12H,2-5H2,1H3,(H,20,21,22,23). The second-order valence-corrected chi connectivity index (χ2v) is 6.84. The van der Waals surface area contributed by atoms with Gasteiger partial charge in [0.2, 0.25) is 5.13 Å². The maximum atomic E-state index is 5.11. The number of rotatable bonds is 5. The third-order valence-corrected chi connectivity index (χ3v) is 5.11. The second-order valence-electron chi connectivity index (χ2n) is 6.09. The summed E-state index contributed by atoms with van der Waals surface area (Å²) in [5, 5.41) is 3.92. The van der Waals surface area contributed by atoms with Crippen LogP contribution in [-0.2, 0) is 0 Å². The summed E-state index contributed by atoms with van der Waals surface area (Å²) in [6.07, 6.45) is 8.86. The number of nitrogens with one attached hydrogen (secondary N) is 1. The second kappa shape index (κ2) is 7.14. The van der Waals surface area contributed by atoms with E-state index in [1.54, 1.807) is 13.3 Å². The topological polar surface area (TPSA) is 72.8 Å². The summed E-state index contributed by atoms with van der Waals surface area (Å²) in [5.41, 5.74) is 2.05. The molecule has 0 saturated heterocycles. The van der Waals surface area contributed by atoms with Gasteiger partial charge < -0.3 is 10.1 Å². The normalized spacial score (nSPS) is 14.6. The van der Waals surface area contributed by atoms with Gasteiger partial charge in [-0.25, -0.2) is 9.97 Å². The van der Waals surface area contributed by atoms with Crippen LogP contribution in [0.5, 0.6) is 5.75 Å². The van der Waals surface area contributed by atoms with E-state index in [2.05, 4.69) is 30.7 Å². The van der Waals surface area contributed by atoms with Gasteiger partial charge in [0.1, 0.15) is 17.3 Å². The minimum atomic E-state index is 0.595. The molecule has 1 N–H and O–H groups in total. The van der Waals surface area contributed by atoms with Crippen molar-refractivity contribution in [1.82, 2.24) is 19.3 Å². The van der Waals surface area contributed by atoms with Crippen LogP contribution in [0.3, 0.4) is 0 Å². The summed E-state index contributed by atoms with van der Waals surface area (Å²) in [6, 6.07) is 7.87. The fraction of sp³-hybridized carbons (Fsp3) is 0.333. The Morgan fingerprint density at radius 2 is 1.96 bits per heavy atom. The predicted molar refractivity (Wildman–Crippen MR) is 98.4 cm³/mol. The molecule has 3 aromatic rings. The Balaban J connectivity index is 1.45. The van der Waals surface area contributed by atoms with E-state index in [0.717, 1.165) is 11.5 Å². The molecule has 0 aromatic carbocycles. The van der Waals surface area contributed by atoms with E-state index in [1.165, 1.54) is 42.8 Å². The average Bonchev–Trinajstić information content (AvgIpc) is 3.35. The van der Waals surface area contributed by atoms with Gasteiger partial charge in [-0.05, 0) is 42.5 Å². The predicted octanol–water partition coefficient (Wildman–Crippen LogP) is 4.40. The van der Waals surface area contributed by atoms with E-state index in [9.17, 15) is 0 Å². The van der Waals surface area contributed by atoms with Crippen LogP contribution < -0.4 is 10.1 Å². The Labute approximate surface area is 150 Å². The Kier molecular flexibility index (Phi) is 4.56. The molecule has 0 atom stereocenters. The molecule has 4 rings (SSSR count). The van der Waals surface area contributed by atoms with E-state index in [0.29, 0.717) is 22.6 Å². The van der Waals surface area contributed by atoms with E-state index >= 15 is 0 Å². The number of hydrogen-bond acceptors (Lipinski definition) is 7. The van der Waals surface area contributed by atoms with Gasteiger partial charge in [0.25, 0.3) is 0 Å². The Hall–Kier alpha value is -2.54. The zero-order valence-corrected chi connectivity index (χ0v) is 14.8. The molecule has 1 saturated carbocycles. The lowest BCUT2D eigenvalue weighted by Crippen LogP contribution is -1.97. The molecule has 0 aliphatic heterocycles. The molecular weight excluding hydrogens is 334 g/mol. The summed E-state index contributed by atoms with van der Waals surface area (Å²) < 4.78 is 9.47. The van der Waals surface area contributed by atoms with Crippen molar-refractivity contribution in [2.24, 2.45) is 0 Å². The lowest BCUT2D eigenvalue weighted by molar-refractivity contribution is 0.413. The van der Waals surface area contributed by atoms with Crippen molar-refractivity contribution in [2.45, 2.75) is 31.6 Å². The Bertz CT molecular complexity index is 825. The fourth-order valence-corrected chi connectivity index (χ4v) is 3.69. The summed E-state index contributed by atoms with van der Waals surface area (Å²) in [6.45, 7) is 0. The molecule has 0 bridgehead atoms. The minimum absolute atomic E-state index is 0.595. The van der Waals surface area contributed by atoms with Gasteiger partial charge in [-0.15, -0.1) is 0 Å². The van der Waals surface area contributed by atoms with Gasteiger partial charge in [0.05, 0.1) is 13.3 Å². The number of ether oxygens (including phenoxy) is 1. The number of pyridine rings is 2. The SMILES string of the molecule is COc1ccc(-c2nsc(Nc3ccc(C4CCCC4)cn3)n2)nc1. The van der Waals surface area contributed by atoms with Gasteiger partial charge in [0.15, 0.2) is 5.82 Å². The zero-order valence-electron chi connectivity index (χ0n) is 14.0. The van der Waals surface area contributed by atoms with Crippen molar-refractivity contribution in [3.63, 3.8) is 0 Å². The van der Waals surface area contributed by atoms with Crippen molar-refractivity contribution in [3.8, 4) is 17.3 Å². The zero-order chi connectivity index (χ0) is 17.1. The van der Waals surface area contributed by atoms with Crippen LogP contribution in [0, 0.1) is 0 Å². The quantitative estimate of drug-likeness (QED) is 0.733. The minimum Gasteiger partial charge on any atom is -0.495 e. The molecule has 0 unspecified atom stereocenters. The molecule has 3 heterocycles. The molecule has 1 fully saturated rings. The van der Waals surface area contributed by atoms with Crippen LogP contribution in [0.4, 0.5) is 10.9 Å². The number of hydrogen-bond donors (Lipinski definition) is 1. The number of methoxy groups -OCH3 is 1. The molecule has 1 aliphatic carbocycles. The van der Waals surface area contributed by atoms with Gasteiger partial charge in [0, 0.05) is 17.7 Å². The summed E-state index contributed by atoms with van der Waals surface area (Å²) in [4.78, 5) is 13.3. The number of aromatic nitrogens is 4. The van der Waals surface area contributed by atoms with E-state index in [4.69, 9.17) is 4.74 Å². The smallest absolute Gasteiger partial charge is 0.208 e. The van der Waals surface area contributed by atoms with Crippen molar-refractivity contribution in [3.05, 3.63) is 42.2 Å². The average molecular weight is 353 g/mol. The van der Waals surface area contributed by atoms with Crippen molar-refractivity contribution < 1.29 is 4.74 Å². The van der Waals surface area contributed by atoms with Crippen LogP contribution in [0.15, 0.2) is 36.7 Å². The van der Waals surface area contributed by atoms with E-state index in [-0.39, 0.29) is 0 Å². The maximum absolute atomic E-state index is 5.11. The van der Waals surface area contributed by atoms with Crippen LogP contribution >= 0.6 is 11.5 Å². The highest BCUT2D eigenvalue weighted by Crippen LogP contribution is 2.34. The third-order valence-electron chi connectivity index (χ3n) is 4.48. The summed E-state index contributed by atoms with van der Waals surface area (Å²) in [5.74, 6) is 2.77. The van der Waals surface area contributed by atoms with E-state index < -0.39 is 0 Å². The van der Waals surface area contributed by atoms with Crippen LogP contribution in [0.25, 0.3) is 11.5 Å². The molecule has 1 aliphatic rings. The first-order valence-corrected chi connectivity index (χ1v) is 9.16. The molecular formula is C18H19N5OS. The first-order valence-electron chi connectivity index (χ1n) is 8.39. The van der Waals surface area contributed by atoms with Crippen molar-refractivity contribution >= 4 is 22.5 Å². The highest BCUT2D eigenvalue weighted by atomic mass is 32.1. The van der Waals surface area contributed by atoms with Gasteiger partial charge in [-0.1, -0.05) is 18.9 Å². The lowest BCUT2D eigenvalue weighted by Gasteiger charge is -2.09. The van der Waals surface area contributed by atoms with Gasteiger partial charge >= 0.3 is 0 Å². The highest BCUT2D eigenvalue weighted by Gasteiger charge is 2.17. The monoisotopic (exact) mass is 353 g/mol. The van der Waals surface area contributed by atoms with Gasteiger partial charge in [-0.3, -0.25) is 0 Å². The Morgan fingerprint density at radius 1 is 1.08 bits per heavy atom. The molecule has 0 spiro atoms. The summed E-state index contributed by atoms with van der Waals surface area (Å²) >= 11 is 1.30. The first-order chi connectivity index (χ1) is 12.3. The van der Waals surface area contributed by atoms with Crippen LogP contribution in [0.1, 0.15) is 37.2 Å². The third kappa shape index (κ3) is 3.61. The maximum Gasteiger partial charge on any atom is 0.208 e. The number of anilines is 2. The lowest BCUT2D eigenvalue weighted by atomic mass is 10.00. The molecule has 25 heavy (non-hydrogen) atoms. The molecule has 3 aromatic heterocycles. The number of nitrogens with zero attached hydrogens (tertiary/aromatic N) is 4. The fourth-order valence-electron chi connectivity index (χ4n) is 3.10. The molecule has 0 amide bonds. The largest absolute Gasteiger partial charge is 0.495 e. The first kappa shape index (κ1) is 16.0. The molecule has 0 radical (unpaired) electrons. The van der Waals surface area contributed by atoms with E-state index in [1.807, 2.05) is 24.4 Å². The van der Waals surface area contributed by atoms with Crippen LogP contribution in [-0.4, -0.2) is 26.4 Å². The molecule has 7 heteroatoms. The van der Waals surface area contributed by atoms with Crippen molar-refractivity contribution in [2.75, 3.05) is 12.4 Å². The van der Waals surface area contributed by atoms with Crippen LogP contribution in [0.2, 0.25) is 0 Å². The molecule has 128 valence electrons. The molecule has 6 nitrogen and oxygen atoms in total. The Morgan fingerprint density at radius 3 is 2.64 bits per heavy atom. The van der Waals surface area contributed by atoms with Gasteiger partial charge in [-0.2, -0.15) is 9.36 Å².